The van der Waals surface area contributed by atoms with E-state index in [9.17, 15) is 28.5 Å². The summed E-state index contributed by atoms with van der Waals surface area (Å²) in [5, 5.41) is 12.6. The Morgan fingerprint density at radius 2 is 2.06 bits per heavy atom. The van der Waals surface area contributed by atoms with Crippen LogP contribution in [0.2, 0.25) is 0 Å². The number of nitro benzene ring substituents is 1. The Hall–Kier alpha value is -2.58. The van der Waals surface area contributed by atoms with Crippen molar-refractivity contribution in [3.63, 3.8) is 0 Å². The number of nitrogens with zero attached hydrogens (tertiary/aromatic N) is 1. The first-order valence-electron chi connectivity index (χ1n) is 4.55. The maximum Gasteiger partial charge on any atom is 0.397 e. The highest BCUT2D eigenvalue weighted by Gasteiger charge is 2.32. The van der Waals surface area contributed by atoms with Crippen molar-refractivity contribution in [1.82, 2.24) is 0 Å². The zero-order valence-corrected chi connectivity index (χ0v) is 8.53. The summed E-state index contributed by atoms with van der Waals surface area (Å²) >= 11 is 0. The van der Waals surface area contributed by atoms with Gasteiger partial charge in [0.2, 0.25) is 5.82 Å². The average Bonchev–Trinajstić information content (AvgIpc) is 2.41. The minimum Gasteiger partial charge on any atom is -0.453 e. The molecule has 0 saturated carbocycles. The standard InChI is InChI=1S/C9H4F2N2O5/c10-4-1-5-3(7(6(4)11)13(16)17)2-18-9(15)8(14)12-5/h1H,2H2,(H,12,14). The molecule has 1 aliphatic rings. The van der Waals surface area contributed by atoms with Gasteiger partial charge in [0.25, 0.3) is 0 Å². The number of cyclic esters (lactones) is 1. The number of hydrogen-bond donors (Lipinski definition) is 1. The third kappa shape index (κ3) is 1.75. The van der Waals surface area contributed by atoms with Gasteiger partial charge in [-0.3, -0.25) is 14.9 Å². The Morgan fingerprint density at radius 1 is 1.39 bits per heavy atom. The Bertz CT molecular complexity index is 587. The number of nitrogens with one attached hydrogen (secondary N) is 1. The maximum absolute atomic E-state index is 13.3. The van der Waals surface area contributed by atoms with Gasteiger partial charge in [-0.25, -0.2) is 9.18 Å². The summed E-state index contributed by atoms with van der Waals surface area (Å²) in [5.74, 6) is -5.68. The molecule has 0 bridgehead atoms. The average molecular weight is 258 g/mol. The molecule has 0 spiro atoms. The van der Waals surface area contributed by atoms with Crippen LogP contribution in [0.1, 0.15) is 5.56 Å². The van der Waals surface area contributed by atoms with Crippen LogP contribution in [0.4, 0.5) is 20.2 Å². The molecule has 0 aromatic heterocycles. The van der Waals surface area contributed by atoms with Gasteiger partial charge in [0, 0.05) is 6.07 Å². The van der Waals surface area contributed by atoms with E-state index in [1.807, 2.05) is 5.32 Å². The molecule has 0 unspecified atom stereocenters. The largest absolute Gasteiger partial charge is 0.453 e. The van der Waals surface area contributed by atoms with Crippen molar-refractivity contribution in [2.75, 3.05) is 5.32 Å². The number of fused-ring (bicyclic) bond motifs is 1. The van der Waals surface area contributed by atoms with Crippen molar-refractivity contribution in [3.8, 4) is 0 Å². The van der Waals surface area contributed by atoms with Crippen LogP contribution in [0.15, 0.2) is 6.07 Å². The number of ether oxygens (including phenoxy) is 1. The highest BCUT2D eigenvalue weighted by atomic mass is 19.2. The molecule has 0 saturated heterocycles. The maximum atomic E-state index is 13.3. The van der Waals surface area contributed by atoms with Crippen molar-refractivity contribution in [1.29, 1.82) is 0 Å². The fourth-order valence-corrected chi connectivity index (χ4v) is 1.47. The summed E-state index contributed by atoms with van der Waals surface area (Å²) in [6, 6.07) is 0.553. The fraction of sp³-hybridized carbons (Fsp3) is 0.111. The molecule has 1 aromatic rings. The number of carbonyl (C=O) groups excluding carboxylic acids is 2. The Labute approximate surface area is 97.5 Å². The minimum atomic E-state index is -1.68. The number of esters is 1. The molecule has 7 nitrogen and oxygen atoms in total. The first-order chi connectivity index (χ1) is 8.41. The predicted molar refractivity (Wildman–Crippen MR) is 51.4 cm³/mol. The second-order valence-corrected chi connectivity index (χ2v) is 3.33. The second kappa shape index (κ2) is 4.02. The SMILES string of the molecule is O=C1Nc2cc(F)c(F)c([N+](=O)[O-])c2COC1=O. The van der Waals surface area contributed by atoms with E-state index in [0.717, 1.165) is 0 Å². The van der Waals surface area contributed by atoms with E-state index in [1.165, 1.54) is 0 Å². The monoisotopic (exact) mass is 258 g/mol. The van der Waals surface area contributed by atoms with Crippen molar-refractivity contribution in [2.24, 2.45) is 0 Å². The van der Waals surface area contributed by atoms with Gasteiger partial charge in [-0.1, -0.05) is 0 Å². The number of nitro groups is 1. The van der Waals surface area contributed by atoms with Crippen LogP contribution in [-0.2, 0) is 20.9 Å². The van der Waals surface area contributed by atoms with Crippen molar-refractivity contribution < 1.29 is 28.0 Å². The molecule has 0 aliphatic carbocycles. The van der Waals surface area contributed by atoms with E-state index in [2.05, 4.69) is 4.74 Å². The highest BCUT2D eigenvalue weighted by Crippen LogP contribution is 2.33. The summed E-state index contributed by atoms with van der Waals surface area (Å²) in [4.78, 5) is 31.5. The van der Waals surface area contributed by atoms with Gasteiger partial charge in [-0.2, -0.15) is 4.39 Å². The molecule has 9 heteroatoms. The van der Waals surface area contributed by atoms with Crippen LogP contribution in [0, 0.1) is 21.7 Å². The molecule has 0 fully saturated rings. The van der Waals surface area contributed by atoms with Gasteiger partial charge >= 0.3 is 17.6 Å². The van der Waals surface area contributed by atoms with Crippen molar-refractivity contribution in [3.05, 3.63) is 33.4 Å². The first-order valence-corrected chi connectivity index (χ1v) is 4.55. The molecular formula is C9H4F2N2O5. The summed E-state index contributed by atoms with van der Waals surface area (Å²) in [7, 11) is 0. The lowest BCUT2D eigenvalue weighted by Gasteiger charge is -2.06. The molecule has 1 amide bonds. The van der Waals surface area contributed by atoms with Gasteiger partial charge in [0.15, 0.2) is 5.82 Å². The lowest BCUT2D eigenvalue weighted by Crippen LogP contribution is -2.22. The van der Waals surface area contributed by atoms with Crippen LogP contribution in [-0.4, -0.2) is 16.8 Å². The number of hydrogen-bond acceptors (Lipinski definition) is 5. The molecule has 1 heterocycles. The molecular weight excluding hydrogens is 254 g/mol. The van der Waals surface area contributed by atoms with Gasteiger partial charge in [0.1, 0.15) is 6.61 Å². The molecule has 2 rings (SSSR count). The molecule has 18 heavy (non-hydrogen) atoms. The predicted octanol–water partition coefficient (Wildman–Crippen LogP) is 0.868. The van der Waals surface area contributed by atoms with E-state index in [-0.39, 0.29) is 5.69 Å². The minimum absolute atomic E-state index is 0.364. The number of rotatable bonds is 1. The topological polar surface area (TPSA) is 98.5 Å². The van der Waals surface area contributed by atoms with Crippen LogP contribution in [0.25, 0.3) is 0 Å². The van der Waals surface area contributed by atoms with E-state index in [1.54, 1.807) is 0 Å². The lowest BCUT2D eigenvalue weighted by atomic mass is 10.1. The number of halogens is 2. The first kappa shape index (κ1) is 11.9. The molecule has 1 aliphatic heterocycles. The van der Waals surface area contributed by atoms with E-state index in [4.69, 9.17) is 0 Å². The molecule has 1 aromatic carbocycles. The van der Waals surface area contributed by atoms with Gasteiger partial charge in [0.05, 0.1) is 16.2 Å². The van der Waals surface area contributed by atoms with Crippen LogP contribution in [0.3, 0.4) is 0 Å². The Balaban J connectivity index is 2.68. The van der Waals surface area contributed by atoms with E-state index < -0.39 is 46.3 Å². The highest BCUT2D eigenvalue weighted by molar-refractivity contribution is 6.37. The molecule has 1 N–H and O–H groups in total. The van der Waals surface area contributed by atoms with Crippen molar-refractivity contribution in [2.45, 2.75) is 6.61 Å². The quantitative estimate of drug-likeness (QED) is 0.348. The normalized spacial score (nSPS) is 14.3. The van der Waals surface area contributed by atoms with Crippen molar-refractivity contribution >= 4 is 23.3 Å². The lowest BCUT2D eigenvalue weighted by molar-refractivity contribution is -0.388. The summed E-state index contributed by atoms with van der Waals surface area (Å²) in [6.45, 7) is -0.694. The number of benzene rings is 1. The van der Waals surface area contributed by atoms with Crippen LogP contribution >= 0.6 is 0 Å². The van der Waals surface area contributed by atoms with E-state index in [0.29, 0.717) is 6.07 Å². The smallest absolute Gasteiger partial charge is 0.397 e. The van der Waals surface area contributed by atoms with Crippen LogP contribution < -0.4 is 5.32 Å². The zero-order valence-electron chi connectivity index (χ0n) is 8.53. The van der Waals surface area contributed by atoms with Gasteiger partial charge in [-0.15, -0.1) is 0 Å². The number of carbonyl (C=O) groups is 2. The number of anilines is 1. The summed E-state index contributed by atoms with van der Waals surface area (Å²) < 4.78 is 30.8. The zero-order chi connectivity index (χ0) is 13.4. The van der Waals surface area contributed by atoms with Gasteiger partial charge < -0.3 is 10.1 Å². The summed E-state index contributed by atoms with van der Waals surface area (Å²) in [6.07, 6.45) is 0. The molecule has 94 valence electrons. The molecule has 0 atom stereocenters. The fourth-order valence-electron chi connectivity index (χ4n) is 1.47. The Morgan fingerprint density at radius 3 is 2.67 bits per heavy atom. The second-order valence-electron chi connectivity index (χ2n) is 3.33. The Kier molecular flexibility index (Phi) is 2.66. The molecule has 0 radical (unpaired) electrons. The third-order valence-corrected chi connectivity index (χ3v) is 2.26. The van der Waals surface area contributed by atoms with E-state index >= 15 is 0 Å². The van der Waals surface area contributed by atoms with Crippen LogP contribution in [0.5, 0.6) is 0 Å². The van der Waals surface area contributed by atoms with Gasteiger partial charge in [-0.05, 0) is 0 Å². The third-order valence-electron chi connectivity index (χ3n) is 2.26. The number of amides is 1. The summed E-state index contributed by atoms with van der Waals surface area (Å²) in [5.41, 5.74) is -1.94.